The molecule has 118 heavy (non-hydrogen) atoms. The highest BCUT2D eigenvalue weighted by atomic mass is 14.2. The number of aryl methyl sites for hydroxylation is 18. The summed E-state index contributed by atoms with van der Waals surface area (Å²) in [6, 6.07) is 101. The minimum absolute atomic E-state index is 0.834. The molecule has 17 rings (SSSR count). The molecule has 0 aromatic heterocycles. The van der Waals surface area contributed by atoms with Gasteiger partial charge in [0, 0.05) is 0 Å². The molecule has 17 aromatic carbocycles. The van der Waals surface area contributed by atoms with E-state index in [0.29, 0.717) is 0 Å². The van der Waals surface area contributed by atoms with Crippen molar-refractivity contribution in [3.63, 3.8) is 0 Å². The maximum atomic E-state index is 2.40. The molecule has 0 saturated heterocycles. The lowest BCUT2D eigenvalue weighted by Crippen LogP contribution is -2.04. The molecule has 0 aliphatic rings. The van der Waals surface area contributed by atoms with Crippen LogP contribution in [0.1, 0.15) is 185 Å². The Hall–Kier alpha value is -11.2. The number of fused-ring (bicyclic) bond motifs is 10. The summed E-state index contributed by atoms with van der Waals surface area (Å²) in [4.78, 5) is 0. The zero-order valence-electron chi connectivity index (χ0n) is 74.8. The molecule has 1 unspecified atom stereocenters. The van der Waals surface area contributed by atoms with Crippen molar-refractivity contribution in [2.75, 3.05) is 0 Å². The van der Waals surface area contributed by atoms with E-state index in [0.717, 1.165) is 5.92 Å². The van der Waals surface area contributed by atoms with Crippen LogP contribution in [0.3, 0.4) is 0 Å². The smallest absolute Gasteiger partial charge is 0.00203 e. The Morgan fingerprint density at radius 3 is 0.915 bits per heavy atom. The number of benzene rings is 17. The van der Waals surface area contributed by atoms with Crippen LogP contribution in [0.2, 0.25) is 0 Å². The summed E-state index contributed by atoms with van der Waals surface area (Å²) in [7, 11) is 0. The van der Waals surface area contributed by atoms with Crippen molar-refractivity contribution in [1.29, 1.82) is 0 Å². The average Bonchev–Trinajstić information content (AvgIpc) is 0.734. The number of hydrogen-bond donors (Lipinski definition) is 0. The van der Waals surface area contributed by atoms with E-state index in [2.05, 4.69) is 411 Å². The van der Waals surface area contributed by atoms with Gasteiger partial charge in [-0.25, -0.2) is 0 Å². The van der Waals surface area contributed by atoms with Crippen LogP contribution in [-0.2, 0) is 19.3 Å². The van der Waals surface area contributed by atoms with Gasteiger partial charge in [-0.05, 0) is 307 Å². The van der Waals surface area contributed by atoms with Crippen molar-refractivity contribution in [2.45, 2.75) is 209 Å². The van der Waals surface area contributed by atoms with Crippen molar-refractivity contribution < 1.29 is 0 Å². The van der Waals surface area contributed by atoms with Crippen LogP contribution in [0.5, 0.6) is 0 Å². The van der Waals surface area contributed by atoms with Gasteiger partial charge in [0.2, 0.25) is 0 Å². The second kappa shape index (κ2) is 39.8. The molecule has 0 heterocycles. The Bertz CT molecular complexity index is 6160. The predicted octanol–water partition coefficient (Wildman–Crippen LogP) is 34.7. The standard InChI is InChI=1S/C28H22.C23H20.2C20H28.C14H16.C13H14/c1-19-13-15-23-24-16-14-20(2)18-26(24)28(22-11-7-4-8-12-22)27(25(23)17-19)21-9-5-3-6-10-21;1-15-9-11-19-20-12-10-16(2)14-22(20)23(17(3)21(19)13-15)18-7-5-4-6-8-18;1-5-7-8-17(6-2)14-19-12-16(4)11-18-10-9-15(3)13-20(18)19;1-5-7-9-17-11-15(3)14-20-18(10-8-6-2)12-16(4)13-19(17)20;1-9-5-11(3)14-8-10(2)6-12(4)13(14)7-9;1-9-4-5-12-7-10(2)6-11(3)13(12)8-9/h3-18H,1-2H3;4-14H,1-3H3;9-13,17H,5-8,14H2,1-4H3;11-14H,5-10H2,1-4H3;5-8H,1-4H3;4-8H,1-3H3. The third kappa shape index (κ3) is 20.8. The highest BCUT2D eigenvalue weighted by molar-refractivity contribution is 6.22. The molecule has 0 aliphatic carbocycles. The summed E-state index contributed by atoms with van der Waals surface area (Å²) in [5.41, 5.74) is 34.1. The first kappa shape index (κ1) is 86.2. The maximum absolute atomic E-state index is 2.40. The highest BCUT2D eigenvalue weighted by Crippen LogP contribution is 2.46. The van der Waals surface area contributed by atoms with Gasteiger partial charge in [0.25, 0.3) is 0 Å². The molecule has 0 fully saturated rings. The SMILES string of the molecule is CCCCC(CC)Cc1cc(C)cc2ccc(C)cc12.CCCCc1cc(C)cc2c(CCCC)cc(C)cc12.Cc1cc(C)c2cc(C)cc(C)c2c1.Cc1cc(C)c2cc(C)ccc2c1.Cc1ccc2c(c1)c(-c1ccccc1)c(-c1ccccc1)c1cc(C)ccc12.Cc1ccc2c(c1)c(C)c(-c1ccccc1)c1cc(C)ccc12. The summed E-state index contributed by atoms with van der Waals surface area (Å²) >= 11 is 0. The molecule has 0 amide bonds. The third-order valence-electron chi connectivity index (χ3n) is 24.1. The van der Waals surface area contributed by atoms with Gasteiger partial charge >= 0.3 is 0 Å². The average molecular weight is 1550 g/mol. The maximum Gasteiger partial charge on any atom is -0.00203 e. The zero-order valence-corrected chi connectivity index (χ0v) is 74.8. The molecule has 0 saturated carbocycles. The van der Waals surface area contributed by atoms with Crippen LogP contribution in [0.4, 0.5) is 0 Å². The minimum atomic E-state index is 0.834. The summed E-state index contributed by atoms with van der Waals surface area (Å²) in [5, 5.41) is 22.1. The second-order valence-electron chi connectivity index (χ2n) is 34.5. The van der Waals surface area contributed by atoms with Gasteiger partial charge in [-0.1, -0.05) is 406 Å². The first-order valence-corrected chi connectivity index (χ1v) is 44.0. The van der Waals surface area contributed by atoms with Crippen LogP contribution in [0.15, 0.2) is 273 Å². The van der Waals surface area contributed by atoms with E-state index in [1.54, 1.807) is 16.7 Å². The van der Waals surface area contributed by atoms with E-state index >= 15 is 0 Å². The summed E-state index contributed by atoms with van der Waals surface area (Å²) in [5.74, 6) is 0.834. The molecule has 0 nitrogen and oxygen atoms in total. The van der Waals surface area contributed by atoms with Gasteiger partial charge in [-0.2, -0.15) is 0 Å². The van der Waals surface area contributed by atoms with E-state index in [9.17, 15) is 0 Å². The van der Waals surface area contributed by atoms with E-state index in [1.807, 2.05) is 0 Å². The molecule has 1 atom stereocenters. The van der Waals surface area contributed by atoms with Crippen molar-refractivity contribution in [1.82, 2.24) is 0 Å². The summed E-state index contributed by atoms with van der Waals surface area (Å²) in [6.07, 6.45) is 14.1. The molecule has 0 radical (unpaired) electrons. The second-order valence-corrected chi connectivity index (χ2v) is 34.5. The summed E-state index contributed by atoms with van der Waals surface area (Å²) < 4.78 is 0. The fourth-order valence-electron chi connectivity index (χ4n) is 18.1. The Labute approximate surface area is 708 Å². The van der Waals surface area contributed by atoms with Gasteiger partial charge < -0.3 is 0 Å². The molecular formula is C118H128. The number of hydrogen-bond acceptors (Lipinski definition) is 0. The van der Waals surface area contributed by atoms with Crippen molar-refractivity contribution in [2.24, 2.45) is 5.92 Å². The molecule has 0 bridgehead atoms. The molecule has 0 N–H and O–H groups in total. The Morgan fingerprint density at radius 1 is 0.212 bits per heavy atom. The van der Waals surface area contributed by atoms with E-state index in [1.165, 1.54) is 279 Å². The monoisotopic (exact) mass is 1550 g/mol. The van der Waals surface area contributed by atoms with E-state index in [4.69, 9.17) is 0 Å². The van der Waals surface area contributed by atoms with Crippen LogP contribution in [-0.4, -0.2) is 0 Å². The Morgan fingerprint density at radius 2 is 0.508 bits per heavy atom. The Balaban J connectivity index is 0.000000133. The van der Waals surface area contributed by atoms with Crippen LogP contribution in [0, 0.1) is 117 Å². The molecule has 17 aromatic rings. The molecular weight excluding hydrogens is 1420 g/mol. The lowest BCUT2D eigenvalue weighted by molar-refractivity contribution is 0.450. The minimum Gasteiger partial charge on any atom is -0.0654 e. The lowest BCUT2D eigenvalue weighted by atomic mass is 9.84. The van der Waals surface area contributed by atoms with Crippen molar-refractivity contribution in [3.8, 4) is 33.4 Å². The lowest BCUT2D eigenvalue weighted by Gasteiger charge is -2.19. The van der Waals surface area contributed by atoms with Crippen LogP contribution >= 0.6 is 0 Å². The fourth-order valence-corrected chi connectivity index (χ4v) is 18.1. The van der Waals surface area contributed by atoms with Gasteiger partial charge in [0.15, 0.2) is 0 Å². The van der Waals surface area contributed by atoms with Gasteiger partial charge in [0.1, 0.15) is 0 Å². The van der Waals surface area contributed by atoms with Crippen molar-refractivity contribution in [3.05, 3.63) is 379 Å². The first-order chi connectivity index (χ1) is 56.9. The molecule has 0 aliphatic heterocycles. The molecule has 0 spiro atoms. The third-order valence-corrected chi connectivity index (χ3v) is 24.1. The first-order valence-electron chi connectivity index (χ1n) is 44.0. The largest absolute Gasteiger partial charge is 0.0654 e. The fraction of sp³-hybridized carbons (Fsp3) is 0.271. The van der Waals surface area contributed by atoms with Crippen molar-refractivity contribution >= 4 is 86.2 Å². The molecule has 600 valence electrons. The van der Waals surface area contributed by atoms with Crippen LogP contribution < -0.4 is 0 Å². The number of rotatable bonds is 15. The van der Waals surface area contributed by atoms with Gasteiger partial charge in [-0.3, -0.25) is 0 Å². The predicted molar refractivity (Wildman–Crippen MR) is 525 cm³/mol. The highest BCUT2D eigenvalue weighted by Gasteiger charge is 2.20. The zero-order chi connectivity index (χ0) is 83.8. The topological polar surface area (TPSA) is 0 Å². The normalized spacial score (nSPS) is 11.4. The van der Waals surface area contributed by atoms with Gasteiger partial charge in [0.05, 0.1) is 0 Å². The molecule has 0 heteroatoms. The Kier molecular flexibility index (Phi) is 29.1. The summed E-state index contributed by atoms with van der Waals surface area (Å²) in [6.45, 7) is 44.2. The number of unbranched alkanes of at least 4 members (excludes halogenated alkanes) is 3. The van der Waals surface area contributed by atoms with Crippen LogP contribution in [0.25, 0.3) is 120 Å². The van der Waals surface area contributed by atoms with E-state index in [-0.39, 0.29) is 0 Å². The van der Waals surface area contributed by atoms with Gasteiger partial charge in [-0.15, -0.1) is 0 Å². The van der Waals surface area contributed by atoms with E-state index < -0.39 is 0 Å². The quantitative estimate of drug-likeness (QED) is 0.0898.